The van der Waals surface area contributed by atoms with Crippen LogP contribution >= 0.6 is 15.9 Å². The van der Waals surface area contributed by atoms with Gasteiger partial charge in [0.15, 0.2) is 11.5 Å². The summed E-state index contributed by atoms with van der Waals surface area (Å²) >= 11 is 3.52. The van der Waals surface area contributed by atoms with Crippen molar-refractivity contribution in [1.82, 2.24) is 4.90 Å². The van der Waals surface area contributed by atoms with E-state index < -0.39 is 0 Å². The molecule has 1 aliphatic rings. The zero-order chi connectivity index (χ0) is 20.6. The Morgan fingerprint density at radius 3 is 2.55 bits per heavy atom. The quantitative estimate of drug-likeness (QED) is 0.607. The van der Waals surface area contributed by atoms with Crippen LogP contribution in [-0.2, 0) is 11.2 Å². The molecule has 1 N–H and O–H groups in total. The first-order valence-electron chi connectivity index (χ1n) is 9.92. The van der Waals surface area contributed by atoms with Gasteiger partial charge in [0.25, 0.3) is 0 Å². The van der Waals surface area contributed by atoms with Gasteiger partial charge in [-0.25, -0.2) is 0 Å². The zero-order valence-electron chi connectivity index (χ0n) is 16.9. The molecule has 1 aliphatic heterocycles. The number of nitrogens with one attached hydrogen (secondary N) is 1. The van der Waals surface area contributed by atoms with Crippen LogP contribution in [-0.4, -0.2) is 50.3 Å². The predicted octanol–water partition coefficient (Wildman–Crippen LogP) is 4.12. The lowest BCUT2D eigenvalue weighted by Gasteiger charge is -2.20. The van der Waals surface area contributed by atoms with Crippen molar-refractivity contribution in [3.63, 3.8) is 0 Å². The van der Waals surface area contributed by atoms with E-state index in [1.165, 1.54) is 0 Å². The molecule has 0 radical (unpaired) electrons. The Hall–Kier alpha value is -2.25. The molecule has 0 spiro atoms. The number of carbonyl (C=O) groups is 1. The molecular formula is C22H27BrN2O4. The molecule has 0 saturated heterocycles. The minimum absolute atomic E-state index is 0.123. The standard InChI is InChI=1S/C22H27BrN2O4/c1-3-25(4-2)9-10-27-19-8-6-5-7-18(19)24-22(26)14-16-13-20-21(15-17(16)23)29-12-11-28-20/h5-8,13,15H,3-4,9-12,14H2,1-2H3,(H,24,26). The van der Waals surface area contributed by atoms with Gasteiger partial charge in [-0.1, -0.05) is 41.9 Å². The van der Waals surface area contributed by atoms with E-state index >= 15 is 0 Å². The summed E-state index contributed by atoms with van der Waals surface area (Å²) < 4.78 is 17.9. The Labute approximate surface area is 180 Å². The number of nitrogens with zero attached hydrogens (tertiary/aromatic N) is 1. The highest BCUT2D eigenvalue weighted by molar-refractivity contribution is 9.10. The Bertz CT molecular complexity index is 840. The molecule has 0 fully saturated rings. The Kier molecular flexibility index (Phi) is 7.77. The van der Waals surface area contributed by atoms with Crippen molar-refractivity contribution in [3.8, 4) is 17.2 Å². The second-order valence-corrected chi connectivity index (χ2v) is 7.54. The van der Waals surface area contributed by atoms with E-state index in [0.29, 0.717) is 42.8 Å². The third kappa shape index (κ3) is 5.87. The van der Waals surface area contributed by atoms with E-state index in [9.17, 15) is 4.79 Å². The van der Waals surface area contributed by atoms with E-state index in [4.69, 9.17) is 14.2 Å². The van der Waals surface area contributed by atoms with E-state index in [0.717, 1.165) is 29.7 Å². The first kappa shape index (κ1) is 21.5. The molecule has 0 bridgehead atoms. The van der Waals surface area contributed by atoms with Crippen molar-refractivity contribution >= 4 is 27.5 Å². The lowest BCUT2D eigenvalue weighted by atomic mass is 10.1. The predicted molar refractivity (Wildman–Crippen MR) is 117 cm³/mol. The normalized spacial score (nSPS) is 12.7. The third-order valence-corrected chi connectivity index (χ3v) is 5.52. The van der Waals surface area contributed by atoms with Crippen molar-refractivity contribution in [3.05, 3.63) is 46.4 Å². The number of anilines is 1. The van der Waals surface area contributed by atoms with Gasteiger partial charge < -0.3 is 24.4 Å². The van der Waals surface area contributed by atoms with Crippen molar-refractivity contribution < 1.29 is 19.0 Å². The Balaban J connectivity index is 1.62. The molecule has 0 aliphatic carbocycles. The average Bonchev–Trinajstić information content (AvgIpc) is 2.73. The number of fused-ring (bicyclic) bond motifs is 1. The summed E-state index contributed by atoms with van der Waals surface area (Å²) in [4.78, 5) is 15.0. The van der Waals surface area contributed by atoms with Gasteiger partial charge in [0.2, 0.25) is 5.91 Å². The smallest absolute Gasteiger partial charge is 0.228 e. The SMILES string of the molecule is CCN(CC)CCOc1ccccc1NC(=O)Cc1cc2c(cc1Br)OCCO2. The number of hydrogen-bond acceptors (Lipinski definition) is 5. The van der Waals surface area contributed by atoms with Gasteiger partial charge in [0.05, 0.1) is 12.1 Å². The molecule has 0 unspecified atom stereocenters. The summed E-state index contributed by atoms with van der Waals surface area (Å²) in [7, 11) is 0. The lowest BCUT2D eigenvalue weighted by molar-refractivity contribution is -0.115. The first-order valence-corrected chi connectivity index (χ1v) is 10.7. The van der Waals surface area contributed by atoms with Gasteiger partial charge in [-0.2, -0.15) is 0 Å². The van der Waals surface area contributed by atoms with E-state index in [2.05, 4.69) is 40.0 Å². The summed E-state index contributed by atoms with van der Waals surface area (Å²) in [5, 5.41) is 2.96. The molecule has 1 amide bonds. The van der Waals surface area contributed by atoms with Crippen molar-refractivity contribution in [2.24, 2.45) is 0 Å². The molecule has 0 atom stereocenters. The minimum atomic E-state index is -0.123. The van der Waals surface area contributed by atoms with Crippen LogP contribution in [0.4, 0.5) is 5.69 Å². The molecular weight excluding hydrogens is 436 g/mol. The number of hydrogen-bond donors (Lipinski definition) is 1. The number of amides is 1. The van der Waals surface area contributed by atoms with Crippen LogP contribution in [0.25, 0.3) is 0 Å². The molecule has 29 heavy (non-hydrogen) atoms. The van der Waals surface area contributed by atoms with Gasteiger partial charge in [-0.3, -0.25) is 4.79 Å². The molecule has 0 saturated carbocycles. The molecule has 0 aromatic heterocycles. The average molecular weight is 463 g/mol. The highest BCUT2D eigenvalue weighted by Gasteiger charge is 2.17. The van der Waals surface area contributed by atoms with Crippen LogP contribution in [0.5, 0.6) is 17.2 Å². The lowest BCUT2D eigenvalue weighted by Crippen LogP contribution is -2.28. The molecule has 2 aromatic carbocycles. The number of carbonyl (C=O) groups excluding carboxylic acids is 1. The Morgan fingerprint density at radius 2 is 1.83 bits per heavy atom. The van der Waals surface area contributed by atoms with Crippen molar-refractivity contribution in [2.45, 2.75) is 20.3 Å². The number of halogens is 1. The van der Waals surface area contributed by atoms with Crippen LogP contribution in [0, 0.1) is 0 Å². The van der Waals surface area contributed by atoms with E-state index in [1.54, 1.807) is 0 Å². The number of rotatable bonds is 9. The fraction of sp³-hybridized carbons (Fsp3) is 0.409. The number of likely N-dealkylation sites (N-methyl/N-ethyl adjacent to an activating group) is 1. The van der Waals surface area contributed by atoms with Crippen LogP contribution < -0.4 is 19.5 Å². The number of ether oxygens (including phenoxy) is 3. The maximum atomic E-state index is 12.7. The molecule has 6 nitrogen and oxygen atoms in total. The van der Waals surface area contributed by atoms with Crippen LogP contribution in [0.2, 0.25) is 0 Å². The van der Waals surface area contributed by atoms with Gasteiger partial charge >= 0.3 is 0 Å². The topological polar surface area (TPSA) is 60.0 Å². The highest BCUT2D eigenvalue weighted by atomic mass is 79.9. The monoisotopic (exact) mass is 462 g/mol. The maximum absolute atomic E-state index is 12.7. The number of benzene rings is 2. The van der Waals surface area contributed by atoms with Crippen LogP contribution in [0.15, 0.2) is 40.9 Å². The maximum Gasteiger partial charge on any atom is 0.228 e. The Morgan fingerprint density at radius 1 is 1.14 bits per heavy atom. The first-order chi connectivity index (χ1) is 14.1. The van der Waals surface area contributed by atoms with Crippen LogP contribution in [0.3, 0.4) is 0 Å². The van der Waals surface area contributed by atoms with E-state index in [1.807, 2.05) is 36.4 Å². The second-order valence-electron chi connectivity index (χ2n) is 6.68. The fourth-order valence-corrected chi connectivity index (χ4v) is 3.59. The molecule has 7 heteroatoms. The zero-order valence-corrected chi connectivity index (χ0v) is 18.5. The van der Waals surface area contributed by atoms with Gasteiger partial charge in [-0.15, -0.1) is 0 Å². The fourth-order valence-electron chi connectivity index (χ4n) is 3.13. The summed E-state index contributed by atoms with van der Waals surface area (Å²) in [5.41, 5.74) is 1.51. The summed E-state index contributed by atoms with van der Waals surface area (Å²) in [5.74, 6) is 1.91. The number of para-hydroxylation sites is 2. The highest BCUT2D eigenvalue weighted by Crippen LogP contribution is 2.36. The summed E-state index contributed by atoms with van der Waals surface area (Å²) in [6.07, 6.45) is 0.213. The molecule has 1 heterocycles. The van der Waals surface area contributed by atoms with Crippen molar-refractivity contribution in [2.75, 3.05) is 44.8 Å². The van der Waals surface area contributed by atoms with Crippen LogP contribution in [0.1, 0.15) is 19.4 Å². The van der Waals surface area contributed by atoms with Gasteiger partial charge in [-0.05, 0) is 42.9 Å². The van der Waals surface area contributed by atoms with Gasteiger partial charge in [0, 0.05) is 11.0 Å². The molecule has 2 aromatic rings. The summed E-state index contributed by atoms with van der Waals surface area (Å²) in [6, 6.07) is 11.2. The van der Waals surface area contributed by atoms with E-state index in [-0.39, 0.29) is 12.3 Å². The minimum Gasteiger partial charge on any atom is -0.490 e. The summed E-state index contributed by atoms with van der Waals surface area (Å²) in [6.45, 7) is 8.71. The third-order valence-electron chi connectivity index (χ3n) is 4.78. The second kappa shape index (κ2) is 10.5. The van der Waals surface area contributed by atoms with Crippen molar-refractivity contribution in [1.29, 1.82) is 0 Å². The molecule has 156 valence electrons. The largest absolute Gasteiger partial charge is 0.490 e. The van der Waals surface area contributed by atoms with Gasteiger partial charge in [0.1, 0.15) is 25.6 Å². The molecule has 3 rings (SSSR count).